The average molecular weight is 443 g/mol. The van der Waals surface area contributed by atoms with Crippen molar-refractivity contribution in [2.45, 2.75) is 65.7 Å². The van der Waals surface area contributed by atoms with Crippen molar-refractivity contribution in [2.75, 3.05) is 31.1 Å². The van der Waals surface area contributed by atoms with Gasteiger partial charge < -0.3 is 9.80 Å². The van der Waals surface area contributed by atoms with E-state index in [4.69, 9.17) is 16.6 Å². The van der Waals surface area contributed by atoms with Crippen LogP contribution in [0.1, 0.15) is 68.1 Å². The summed E-state index contributed by atoms with van der Waals surface area (Å²) in [4.78, 5) is 26.3. The van der Waals surface area contributed by atoms with Gasteiger partial charge in [0.2, 0.25) is 5.91 Å². The number of aromatic nitrogens is 2. The van der Waals surface area contributed by atoms with Crippen molar-refractivity contribution in [1.82, 2.24) is 14.9 Å². The van der Waals surface area contributed by atoms with E-state index in [1.165, 1.54) is 19.3 Å². The van der Waals surface area contributed by atoms with E-state index in [0.717, 1.165) is 72.5 Å². The zero-order chi connectivity index (χ0) is 22.2. The minimum Gasteiger partial charge on any atom is -0.353 e. The molecule has 2 heterocycles. The van der Waals surface area contributed by atoms with E-state index in [0.29, 0.717) is 18.7 Å². The van der Waals surface area contributed by atoms with Crippen LogP contribution in [0.15, 0.2) is 24.3 Å². The second-order valence-electron chi connectivity index (χ2n) is 8.46. The van der Waals surface area contributed by atoms with Crippen LogP contribution in [-0.2, 0) is 11.2 Å². The summed E-state index contributed by atoms with van der Waals surface area (Å²) >= 11 is 6.42. The van der Waals surface area contributed by atoms with Crippen LogP contribution in [-0.4, -0.2) is 47.0 Å². The molecule has 3 rings (SSSR count). The zero-order valence-corrected chi connectivity index (χ0v) is 19.9. The van der Waals surface area contributed by atoms with Crippen molar-refractivity contribution < 1.29 is 4.79 Å². The molecule has 0 aliphatic carbocycles. The number of benzene rings is 1. The van der Waals surface area contributed by atoms with Gasteiger partial charge in [0.25, 0.3) is 0 Å². The second kappa shape index (κ2) is 11.5. The van der Waals surface area contributed by atoms with Crippen LogP contribution < -0.4 is 4.90 Å². The van der Waals surface area contributed by atoms with Crippen LogP contribution in [0.2, 0.25) is 5.02 Å². The summed E-state index contributed by atoms with van der Waals surface area (Å²) in [5.74, 6) is 2.06. The molecule has 5 nitrogen and oxygen atoms in total. The van der Waals surface area contributed by atoms with E-state index in [1.807, 2.05) is 36.9 Å². The Labute approximate surface area is 191 Å². The Morgan fingerprint density at radius 1 is 1.00 bits per heavy atom. The van der Waals surface area contributed by atoms with Crippen molar-refractivity contribution in [2.24, 2.45) is 0 Å². The van der Waals surface area contributed by atoms with Gasteiger partial charge in [-0.2, -0.15) is 0 Å². The SMILES string of the molecule is CCCCCCCC(=O)N1CCN(c2nc(C)nc(C)c2Cc2ccccc2Cl)CC1. The number of hydrogen-bond acceptors (Lipinski definition) is 4. The number of anilines is 1. The summed E-state index contributed by atoms with van der Waals surface area (Å²) in [7, 11) is 0. The van der Waals surface area contributed by atoms with Gasteiger partial charge >= 0.3 is 0 Å². The molecule has 2 aromatic rings. The summed E-state index contributed by atoms with van der Waals surface area (Å²) in [5, 5.41) is 0.766. The molecule has 0 unspecified atom stereocenters. The molecule has 1 aliphatic heterocycles. The average Bonchev–Trinajstić information content (AvgIpc) is 2.76. The van der Waals surface area contributed by atoms with Crippen LogP contribution in [0, 0.1) is 13.8 Å². The number of rotatable bonds is 9. The first-order chi connectivity index (χ1) is 15.0. The van der Waals surface area contributed by atoms with E-state index in [1.54, 1.807) is 0 Å². The van der Waals surface area contributed by atoms with E-state index in [-0.39, 0.29) is 0 Å². The fourth-order valence-corrected chi connectivity index (χ4v) is 4.43. The Balaban J connectivity index is 1.65. The number of carbonyl (C=O) groups is 1. The van der Waals surface area contributed by atoms with Gasteiger partial charge in [0.05, 0.1) is 0 Å². The molecule has 1 aromatic carbocycles. The number of nitrogens with zero attached hydrogens (tertiary/aromatic N) is 4. The molecule has 0 N–H and O–H groups in total. The van der Waals surface area contributed by atoms with Gasteiger partial charge in [0.1, 0.15) is 11.6 Å². The van der Waals surface area contributed by atoms with E-state index >= 15 is 0 Å². The molecule has 0 bridgehead atoms. The third-order valence-electron chi connectivity index (χ3n) is 6.06. The highest BCUT2D eigenvalue weighted by Crippen LogP contribution is 2.27. The summed E-state index contributed by atoms with van der Waals surface area (Å²) < 4.78 is 0. The molecule has 1 saturated heterocycles. The molecular formula is C25H35ClN4O. The number of halogens is 1. The van der Waals surface area contributed by atoms with Crippen molar-refractivity contribution >= 4 is 23.3 Å². The lowest BCUT2D eigenvalue weighted by Gasteiger charge is -2.36. The minimum absolute atomic E-state index is 0.294. The highest BCUT2D eigenvalue weighted by molar-refractivity contribution is 6.31. The van der Waals surface area contributed by atoms with Gasteiger partial charge in [-0.05, 0) is 31.9 Å². The molecule has 6 heteroatoms. The molecule has 0 radical (unpaired) electrons. The second-order valence-corrected chi connectivity index (χ2v) is 8.87. The molecule has 168 valence electrons. The van der Waals surface area contributed by atoms with Gasteiger partial charge in [-0.3, -0.25) is 4.79 Å². The fraction of sp³-hybridized carbons (Fsp3) is 0.560. The first kappa shape index (κ1) is 23.5. The molecule has 31 heavy (non-hydrogen) atoms. The number of aryl methyl sites for hydroxylation is 2. The van der Waals surface area contributed by atoms with Gasteiger partial charge in [-0.25, -0.2) is 9.97 Å². The highest BCUT2D eigenvalue weighted by Gasteiger charge is 2.24. The standard InChI is InChI=1S/C25H35ClN4O/c1-4-5-6-7-8-13-24(31)29-14-16-30(17-15-29)25-22(19(2)27-20(3)28-25)18-21-11-9-10-12-23(21)26/h9-12H,4-8,13-18H2,1-3H3. The van der Waals surface area contributed by atoms with Crippen molar-refractivity contribution in [1.29, 1.82) is 0 Å². The summed E-state index contributed by atoms with van der Waals surface area (Å²) in [6.07, 6.45) is 7.27. The number of piperazine rings is 1. The number of hydrogen-bond donors (Lipinski definition) is 0. The predicted octanol–water partition coefficient (Wildman–Crippen LogP) is 5.35. The topological polar surface area (TPSA) is 49.3 Å². The molecule has 1 aliphatic rings. The van der Waals surface area contributed by atoms with Crippen LogP contribution >= 0.6 is 11.6 Å². The largest absolute Gasteiger partial charge is 0.353 e. The molecule has 1 fully saturated rings. The molecule has 0 atom stereocenters. The predicted molar refractivity (Wildman–Crippen MR) is 128 cm³/mol. The van der Waals surface area contributed by atoms with E-state index in [2.05, 4.69) is 22.9 Å². The first-order valence-electron chi connectivity index (χ1n) is 11.6. The Bertz CT molecular complexity index is 878. The Morgan fingerprint density at radius 2 is 1.71 bits per heavy atom. The Kier molecular flexibility index (Phi) is 8.70. The van der Waals surface area contributed by atoms with E-state index in [9.17, 15) is 4.79 Å². The van der Waals surface area contributed by atoms with Crippen LogP contribution in [0.25, 0.3) is 0 Å². The van der Waals surface area contributed by atoms with Crippen molar-refractivity contribution in [3.05, 3.63) is 51.9 Å². The van der Waals surface area contributed by atoms with Gasteiger partial charge in [0.15, 0.2) is 0 Å². The minimum atomic E-state index is 0.294. The third-order valence-corrected chi connectivity index (χ3v) is 6.42. The fourth-order valence-electron chi connectivity index (χ4n) is 4.22. The third kappa shape index (κ3) is 6.42. The summed E-state index contributed by atoms with van der Waals surface area (Å²) in [5.41, 5.74) is 3.19. The number of amides is 1. The maximum Gasteiger partial charge on any atom is 0.222 e. The monoisotopic (exact) mass is 442 g/mol. The lowest BCUT2D eigenvalue weighted by Crippen LogP contribution is -2.49. The van der Waals surface area contributed by atoms with Gasteiger partial charge in [-0.1, -0.05) is 62.4 Å². The Morgan fingerprint density at radius 3 is 2.42 bits per heavy atom. The quantitative estimate of drug-likeness (QED) is 0.491. The Hall–Kier alpha value is -2.14. The lowest BCUT2D eigenvalue weighted by molar-refractivity contribution is -0.131. The smallest absolute Gasteiger partial charge is 0.222 e. The van der Waals surface area contributed by atoms with Crippen molar-refractivity contribution in [3.8, 4) is 0 Å². The summed E-state index contributed by atoms with van der Waals surface area (Å²) in [6, 6.07) is 7.94. The van der Waals surface area contributed by atoms with Crippen molar-refractivity contribution in [3.63, 3.8) is 0 Å². The van der Waals surface area contributed by atoms with Crippen LogP contribution in [0.3, 0.4) is 0 Å². The zero-order valence-electron chi connectivity index (χ0n) is 19.2. The molecule has 0 saturated carbocycles. The molecule has 1 aromatic heterocycles. The number of unbranched alkanes of at least 4 members (excludes halogenated alkanes) is 4. The van der Waals surface area contributed by atoms with Gasteiger partial charge in [0, 0.05) is 55.3 Å². The highest BCUT2D eigenvalue weighted by atomic mass is 35.5. The lowest BCUT2D eigenvalue weighted by atomic mass is 10.0. The van der Waals surface area contributed by atoms with Gasteiger partial charge in [-0.15, -0.1) is 0 Å². The molecule has 1 amide bonds. The molecular weight excluding hydrogens is 408 g/mol. The maximum absolute atomic E-state index is 12.6. The van der Waals surface area contributed by atoms with E-state index < -0.39 is 0 Å². The van der Waals surface area contributed by atoms with Crippen LogP contribution in [0.5, 0.6) is 0 Å². The molecule has 0 spiro atoms. The summed E-state index contributed by atoms with van der Waals surface area (Å²) in [6.45, 7) is 9.30. The van der Waals surface area contributed by atoms with Crippen LogP contribution in [0.4, 0.5) is 5.82 Å². The first-order valence-corrected chi connectivity index (χ1v) is 12.0. The number of carbonyl (C=O) groups excluding carboxylic acids is 1. The normalized spacial score (nSPS) is 14.2. The maximum atomic E-state index is 12.6.